The van der Waals surface area contributed by atoms with Crippen LogP contribution in [0, 0.1) is 0 Å². The van der Waals surface area contributed by atoms with E-state index in [9.17, 15) is 9.90 Å². The van der Waals surface area contributed by atoms with Crippen LogP contribution in [0.15, 0.2) is 85.1 Å². The van der Waals surface area contributed by atoms with Gasteiger partial charge < -0.3 is 19.3 Å². The third-order valence-corrected chi connectivity index (χ3v) is 5.27. The standard InChI is InChI=1S/C25H22O5/c1-2-25(30-24(27)28-17-19(16-26)18-10-4-3-5-11-18)20-12-6-8-14-22(20)29-23-15-9-7-13-21(23)25/h3-16,26H,2,17H2,1H3. The number of para-hydroxylation sites is 2. The second-order valence-corrected chi connectivity index (χ2v) is 6.94. The van der Waals surface area contributed by atoms with Crippen molar-refractivity contribution in [3.05, 3.63) is 102 Å². The van der Waals surface area contributed by atoms with Gasteiger partial charge in [-0.1, -0.05) is 73.7 Å². The average Bonchev–Trinajstić information content (AvgIpc) is 2.80. The van der Waals surface area contributed by atoms with E-state index in [2.05, 4.69) is 0 Å². The van der Waals surface area contributed by atoms with E-state index >= 15 is 0 Å². The number of hydrogen-bond acceptors (Lipinski definition) is 5. The molecule has 0 aliphatic carbocycles. The lowest BCUT2D eigenvalue weighted by Gasteiger charge is -2.38. The summed E-state index contributed by atoms with van der Waals surface area (Å²) in [5.41, 5.74) is 1.75. The Bertz CT molecular complexity index is 1030. The average molecular weight is 402 g/mol. The second-order valence-electron chi connectivity index (χ2n) is 6.94. The number of rotatable bonds is 5. The second kappa shape index (κ2) is 8.33. The molecule has 1 aliphatic heterocycles. The Hall–Kier alpha value is -3.73. The van der Waals surface area contributed by atoms with Crippen molar-refractivity contribution >= 4 is 11.7 Å². The monoisotopic (exact) mass is 402 g/mol. The van der Waals surface area contributed by atoms with Gasteiger partial charge in [0, 0.05) is 16.7 Å². The number of fused-ring (bicyclic) bond motifs is 2. The molecule has 5 heteroatoms. The maximum atomic E-state index is 12.8. The van der Waals surface area contributed by atoms with Crippen molar-refractivity contribution in [2.45, 2.75) is 18.9 Å². The van der Waals surface area contributed by atoms with Gasteiger partial charge in [0.15, 0.2) is 5.60 Å². The molecule has 3 aromatic rings. The minimum Gasteiger partial charge on any atom is -0.515 e. The summed E-state index contributed by atoms with van der Waals surface area (Å²) in [4.78, 5) is 12.8. The van der Waals surface area contributed by atoms with Crippen LogP contribution in [0.3, 0.4) is 0 Å². The largest absolute Gasteiger partial charge is 0.515 e. The zero-order chi connectivity index (χ0) is 21.0. The Morgan fingerprint density at radius 3 is 2.07 bits per heavy atom. The van der Waals surface area contributed by atoms with E-state index in [0.717, 1.165) is 23.0 Å². The molecule has 3 aromatic carbocycles. The highest BCUT2D eigenvalue weighted by Gasteiger charge is 2.44. The van der Waals surface area contributed by atoms with Gasteiger partial charge in [-0.05, 0) is 24.1 Å². The Morgan fingerprint density at radius 1 is 0.933 bits per heavy atom. The highest BCUT2D eigenvalue weighted by Crippen LogP contribution is 2.50. The number of ether oxygens (including phenoxy) is 3. The third kappa shape index (κ3) is 3.50. The van der Waals surface area contributed by atoms with Crippen LogP contribution in [-0.2, 0) is 15.1 Å². The number of carbonyl (C=O) groups excluding carboxylic acids is 1. The van der Waals surface area contributed by atoms with Crippen molar-refractivity contribution in [1.29, 1.82) is 0 Å². The van der Waals surface area contributed by atoms with Crippen LogP contribution in [0.4, 0.5) is 4.79 Å². The molecule has 0 fully saturated rings. The SMILES string of the molecule is CCC1(OC(=O)OCC(=CO)c2ccccc2)c2ccccc2Oc2ccccc21. The van der Waals surface area contributed by atoms with Gasteiger partial charge in [-0.2, -0.15) is 0 Å². The molecule has 0 saturated heterocycles. The van der Waals surface area contributed by atoms with Gasteiger partial charge in [0.2, 0.25) is 0 Å². The number of benzene rings is 3. The molecule has 0 atom stereocenters. The van der Waals surface area contributed by atoms with Crippen LogP contribution < -0.4 is 4.74 Å². The summed E-state index contributed by atoms with van der Waals surface area (Å²) >= 11 is 0. The van der Waals surface area contributed by atoms with E-state index in [4.69, 9.17) is 14.2 Å². The molecular formula is C25H22O5. The molecule has 0 unspecified atom stereocenters. The van der Waals surface area contributed by atoms with E-state index in [1.807, 2.05) is 85.8 Å². The zero-order valence-corrected chi connectivity index (χ0v) is 16.6. The molecule has 152 valence electrons. The van der Waals surface area contributed by atoms with Gasteiger partial charge in [-0.3, -0.25) is 0 Å². The Balaban J connectivity index is 1.60. The third-order valence-electron chi connectivity index (χ3n) is 5.27. The van der Waals surface area contributed by atoms with Crippen LogP contribution in [0.2, 0.25) is 0 Å². The highest BCUT2D eigenvalue weighted by atomic mass is 16.7. The van der Waals surface area contributed by atoms with Gasteiger partial charge in [-0.15, -0.1) is 0 Å². The molecule has 0 bridgehead atoms. The van der Waals surface area contributed by atoms with Gasteiger partial charge >= 0.3 is 6.16 Å². The Morgan fingerprint density at radius 2 is 1.50 bits per heavy atom. The fourth-order valence-corrected chi connectivity index (χ4v) is 3.76. The number of aliphatic hydroxyl groups excluding tert-OH is 1. The smallest absolute Gasteiger partial charge is 0.509 e. The lowest BCUT2D eigenvalue weighted by Crippen LogP contribution is -2.36. The molecule has 1 aliphatic rings. The van der Waals surface area contributed by atoms with Crippen molar-refractivity contribution < 1.29 is 24.1 Å². The summed E-state index contributed by atoms with van der Waals surface area (Å²) in [5.74, 6) is 1.29. The van der Waals surface area contributed by atoms with Crippen molar-refractivity contribution in [1.82, 2.24) is 0 Å². The summed E-state index contributed by atoms with van der Waals surface area (Å²) < 4.78 is 17.4. The molecule has 1 heterocycles. The van der Waals surface area contributed by atoms with Crippen molar-refractivity contribution in [3.63, 3.8) is 0 Å². The van der Waals surface area contributed by atoms with Gasteiger partial charge in [0.25, 0.3) is 0 Å². The van der Waals surface area contributed by atoms with Gasteiger partial charge in [0.05, 0.1) is 6.26 Å². The predicted molar refractivity (Wildman–Crippen MR) is 114 cm³/mol. The summed E-state index contributed by atoms with van der Waals surface area (Å²) in [5, 5.41) is 9.56. The Labute approximate surface area is 175 Å². The van der Waals surface area contributed by atoms with E-state index in [1.165, 1.54) is 0 Å². The first kappa shape index (κ1) is 19.6. The normalized spacial score (nSPS) is 14.1. The summed E-state index contributed by atoms with van der Waals surface area (Å²) in [7, 11) is 0. The minimum absolute atomic E-state index is 0.112. The number of hydrogen-bond donors (Lipinski definition) is 1. The van der Waals surface area contributed by atoms with E-state index in [0.29, 0.717) is 23.5 Å². The van der Waals surface area contributed by atoms with Crippen LogP contribution in [0.1, 0.15) is 30.0 Å². The van der Waals surface area contributed by atoms with E-state index < -0.39 is 11.8 Å². The van der Waals surface area contributed by atoms with E-state index in [1.54, 1.807) is 0 Å². The molecule has 0 radical (unpaired) electrons. The molecule has 4 rings (SSSR count). The first-order valence-electron chi connectivity index (χ1n) is 9.79. The summed E-state index contributed by atoms with van der Waals surface area (Å²) in [6.45, 7) is 1.84. The highest BCUT2D eigenvalue weighted by molar-refractivity contribution is 5.70. The molecule has 30 heavy (non-hydrogen) atoms. The van der Waals surface area contributed by atoms with Crippen molar-refractivity contribution in [3.8, 4) is 11.5 Å². The first-order valence-corrected chi connectivity index (χ1v) is 9.79. The molecule has 5 nitrogen and oxygen atoms in total. The summed E-state index contributed by atoms with van der Waals surface area (Å²) in [6, 6.07) is 24.2. The molecule has 1 N–H and O–H groups in total. The van der Waals surface area contributed by atoms with Gasteiger partial charge in [-0.25, -0.2) is 4.79 Å². The van der Waals surface area contributed by atoms with Crippen LogP contribution >= 0.6 is 0 Å². The quantitative estimate of drug-likeness (QED) is 0.407. The first-order chi connectivity index (χ1) is 14.7. The van der Waals surface area contributed by atoms with E-state index in [-0.39, 0.29) is 6.61 Å². The fraction of sp³-hybridized carbons (Fsp3) is 0.160. The van der Waals surface area contributed by atoms with Crippen LogP contribution in [0.5, 0.6) is 11.5 Å². The van der Waals surface area contributed by atoms with Crippen LogP contribution in [0.25, 0.3) is 5.57 Å². The van der Waals surface area contributed by atoms with Crippen molar-refractivity contribution in [2.24, 2.45) is 0 Å². The number of carbonyl (C=O) groups is 1. The van der Waals surface area contributed by atoms with Crippen LogP contribution in [-0.4, -0.2) is 17.9 Å². The fourth-order valence-electron chi connectivity index (χ4n) is 3.76. The zero-order valence-electron chi connectivity index (χ0n) is 16.6. The van der Waals surface area contributed by atoms with Crippen molar-refractivity contribution in [2.75, 3.05) is 6.61 Å². The summed E-state index contributed by atoms with van der Waals surface area (Å²) in [6.07, 6.45) is 0.622. The Kier molecular flexibility index (Phi) is 5.44. The topological polar surface area (TPSA) is 65.0 Å². The lowest BCUT2D eigenvalue weighted by atomic mass is 9.81. The molecule has 0 aromatic heterocycles. The molecule has 0 amide bonds. The molecule has 0 saturated carbocycles. The van der Waals surface area contributed by atoms with Gasteiger partial charge in [0.1, 0.15) is 18.1 Å². The number of aliphatic hydroxyl groups is 1. The maximum absolute atomic E-state index is 12.8. The predicted octanol–water partition coefficient (Wildman–Crippen LogP) is 6.20. The lowest BCUT2D eigenvalue weighted by molar-refractivity contribution is -0.0187. The maximum Gasteiger partial charge on any atom is 0.509 e. The molecular weight excluding hydrogens is 380 g/mol. The minimum atomic E-state index is -1.03. The molecule has 0 spiro atoms.